The standard InChI is InChI=1S/C11H15BrN2O2/c1-3-13(4-2)8-9-7-10(14(15)16)5-6-11(9)12/h5-7H,3-4,8H2,1-2H3. The summed E-state index contributed by atoms with van der Waals surface area (Å²) in [6.45, 7) is 6.76. The van der Waals surface area contributed by atoms with Gasteiger partial charge < -0.3 is 0 Å². The van der Waals surface area contributed by atoms with Gasteiger partial charge in [0.2, 0.25) is 0 Å². The Balaban J connectivity index is 2.93. The molecule has 0 aliphatic rings. The van der Waals surface area contributed by atoms with E-state index in [9.17, 15) is 10.1 Å². The minimum absolute atomic E-state index is 0.144. The third-order valence-electron chi connectivity index (χ3n) is 2.53. The largest absolute Gasteiger partial charge is 0.300 e. The number of nitro benzene ring substituents is 1. The summed E-state index contributed by atoms with van der Waals surface area (Å²) >= 11 is 3.42. The van der Waals surface area contributed by atoms with Crippen molar-refractivity contribution in [2.45, 2.75) is 20.4 Å². The molecule has 0 N–H and O–H groups in total. The summed E-state index contributed by atoms with van der Waals surface area (Å²) in [5.41, 5.74) is 1.10. The third kappa shape index (κ3) is 3.28. The van der Waals surface area contributed by atoms with Crippen molar-refractivity contribution in [3.05, 3.63) is 38.3 Å². The highest BCUT2D eigenvalue weighted by Crippen LogP contribution is 2.23. The van der Waals surface area contributed by atoms with Gasteiger partial charge in [0, 0.05) is 23.2 Å². The summed E-state index contributed by atoms with van der Waals surface area (Å²) < 4.78 is 0.921. The van der Waals surface area contributed by atoms with Gasteiger partial charge in [-0.05, 0) is 24.7 Å². The van der Waals surface area contributed by atoms with Crippen molar-refractivity contribution in [2.75, 3.05) is 13.1 Å². The second-order valence-electron chi connectivity index (χ2n) is 3.49. The first-order chi connectivity index (χ1) is 7.58. The summed E-state index contributed by atoms with van der Waals surface area (Å²) in [5.74, 6) is 0. The van der Waals surface area contributed by atoms with E-state index in [2.05, 4.69) is 34.7 Å². The average Bonchev–Trinajstić information content (AvgIpc) is 2.27. The Morgan fingerprint density at radius 3 is 2.50 bits per heavy atom. The third-order valence-corrected chi connectivity index (χ3v) is 3.30. The smallest absolute Gasteiger partial charge is 0.269 e. The lowest BCUT2D eigenvalue weighted by atomic mass is 10.2. The molecular weight excluding hydrogens is 272 g/mol. The van der Waals surface area contributed by atoms with Crippen LogP contribution in [-0.4, -0.2) is 22.9 Å². The van der Waals surface area contributed by atoms with E-state index in [0.717, 1.165) is 29.7 Å². The van der Waals surface area contributed by atoms with Gasteiger partial charge in [0.25, 0.3) is 5.69 Å². The Hall–Kier alpha value is -0.940. The van der Waals surface area contributed by atoms with Gasteiger partial charge in [-0.2, -0.15) is 0 Å². The minimum atomic E-state index is -0.363. The second kappa shape index (κ2) is 5.96. The van der Waals surface area contributed by atoms with Crippen LogP contribution < -0.4 is 0 Å². The number of nitro groups is 1. The molecule has 0 amide bonds. The van der Waals surface area contributed by atoms with E-state index >= 15 is 0 Å². The van der Waals surface area contributed by atoms with E-state index in [1.165, 1.54) is 6.07 Å². The Kier molecular flexibility index (Phi) is 4.89. The molecule has 0 aliphatic carbocycles. The number of benzene rings is 1. The van der Waals surface area contributed by atoms with Crippen molar-refractivity contribution in [2.24, 2.45) is 0 Å². The fraction of sp³-hybridized carbons (Fsp3) is 0.455. The lowest BCUT2D eigenvalue weighted by Gasteiger charge is -2.18. The number of hydrogen-bond donors (Lipinski definition) is 0. The van der Waals surface area contributed by atoms with Crippen LogP contribution >= 0.6 is 15.9 Å². The van der Waals surface area contributed by atoms with E-state index in [4.69, 9.17) is 0 Å². The van der Waals surface area contributed by atoms with Crippen LogP contribution in [0.3, 0.4) is 0 Å². The molecule has 0 spiro atoms. The van der Waals surface area contributed by atoms with Crippen LogP contribution in [0.25, 0.3) is 0 Å². The first kappa shape index (κ1) is 13.1. The molecule has 1 aromatic carbocycles. The predicted octanol–water partition coefficient (Wildman–Crippen LogP) is 3.20. The number of hydrogen-bond acceptors (Lipinski definition) is 3. The van der Waals surface area contributed by atoms with Gasteiger partial charge in [-0.1, -0.05) is 29.8 Å². The van der Waals surface area contributed by atoms with Gasteiger partial charge in [0.05, 0.1) is 4.92 Å². The monoisotopic (exact) mass is 286 g/mol. The molecule has 0 heterocycles. The van der Waals surface area contributed by atoms with Gasteiger partial charge in [0.1, 0.15) is 0 Å². The molecule has 0 bridgehead atoms. The Bertz CT molecular complexity index is 378. The maximum atomic E-state index is 10.7. The summed E-state index contributed by atoms with van der Waals surface area (Å²) in [5, 5.41) is 10.7. The molecule has 0 aromatic heterocycles. The van der Waals surface area contributed by atoms with Gasteiger partial charge in [-0.25, -0.2) is 0 Å². The van der Waals surface area contributed by atoms with E-state index in [1.807, 2.05) is 0 Å². The highest BCUT2D eigenvalue weighted by molar-refractivity contribution is 9.10. The normalized spacial score (nSPS) is 10.8. The lowest BCUT2D eigenvalue weighted by molar-refractivity contribution is -0.384. The SMILES string of the molecule is CCN(CC)Cc1cc([N+](=O)[O-])ccc1Br. The molecule has 5 heteroatoms. The zero-order valence-electron chi connectivity index (χ0n) is 9.44. The molecule has 0 saturated carbocycles. The quantitative estimate of drug-likeness (QED) is 0.617. The molecular formula is C11H15BrN2O2. The Labute approximate surface area is 104 Å². The zero-order valence-corrected chi connectivity index (χ0v) is 11.0. The van der Waals surface area contributed by atoms with Gasteiger partial charge >= 0.3 is 0 Å². The number of nitrogens with zero attached hydrogens (tertiary/aromatic N) is 2. The van der Waals surface area contributed by atoms with Crippen molar-refractivity contribution < 1.29 is 4.92 Å². The summed E-state index contributed by atoms with van der Waals surface area (Å²) in [6.07, 6.45) is 0. The number of non-ortho nitro benzene ring substituents is 1. The molecule has 0 radical (unpaired) electrons. The fourth-order valence-corrected chi connectivity index (χ4v) is 1.86. The van der Waals surface area contributed by atoms with Crippen molar-refractivity contribution >= 4 is 21.6 Å². The molecule has 0 fully saturated rings. The van der Waals surface area contributed by atoms with Crippen molar-refractivity contribution in [1.82, 2.24) is 4.90 Å². The maximum absolute atomic E-state index is 10.7. The molecule has 1 rings (SSSR count). The molecule has 1 aromatic rings. The van der Waals surface area contributed by atoms with Gasteiger partial charge in [-0.15, -0.1) is 0 Å². The average molecular weight is 287 g/mol. The van der Waals surface area contributed by atoms with E-state index < -0.39 is 0 Å². The van der Waals surface area contributed by atoms with Crippen LogP contribution in [0, 0.1) is 10.1 Å². The molecule has 88 valence electrons. The first-order valence-corrected chi connectivity index (χ1v) is 6.03. The van der Waals surface area contributed by atoms with Gasteiger partial charge in [0.15, 0.2) is 0 Å². The van der Waals surface area contributed by atoms with Crippen LogP contribution in [0.1, 0.15) is 19.4 Å². The molecule has 16 heavy (non-hydrogen) atoms. The van der Waals surface area contributed by atoms with Crippen molar-refractivity contribution in [3.8, 4) is 0 Å². The van der Waals surface area contributed by atoms with Crippen LogP contribution in [0.5, 0.6) is 0 Å². The van der Waals surface area contributed by atoms with Crippen LogP contribution in [0.15, 0.2) is 22.7 Å². The summed E-state index contributed by atoms with van der Waals surface area (Å²) in [4.78, 5) is 12.5. The minimum Gasteiger partial charge on any atom is -0.300 e. The molecule has 0 saturated heterocycles. The van der Waals surface area contributed by atoms with Crippen molar-refractivity contribution in [3.63, 3.8) is 0 Å². The fourth-order valence-electron chi connectivity index (χ4n) is 1.48. The second-order valence-corrected chi connectivity index (χ2v) is 4.35. The van der Waals surface area contributed by atoms with E-state index in [0.29, 0.717) is 0 Å². The Morgan fingerprint density at radius 2 is 2.00 bits per heavy atom. The van der Waals surface area contributed by atoms with E-state index in [-0.39, 0.29) is 10.6 Å². The predicted molar refractivity (Wildman–Crippen MR) is 67.4 cm³/mol. The highest BCUT2D eigenvalue weighted by atomic mass is 79.9. The first-order valence-electron chi connectivity index (χ1n) is 5.23. The lowest BCUT2D eigenvalue weighted by Crippen LogP contribution is -2.22. The molecule has 0 aliphatic heterocycles. The van der Waals surface area contributed by atoms with Crippen LogP contribution in [0.4, 0.5) is 5.69 Å². The van der Waals surface area contributed by atoms with Crippen LogP contribution in [-0.2, 0) is 6.54 Å². The summed E-state index contributed by atoms with van der Waals surface area (Å²) in [7, 11) is 0. The van der Waals surface area contributed by atoms with Crippen LogP contribution in [0.2, 0.25) is 0 Å². The highest BCUT2D eigenvalue weighted by Gasteiger charge is 2.11. The maximum Gasteiger partial charge on any atom is 0.269 e. The molecule has 0 unspecified atom stereocenters. The molecule has 4 nitrogen and oxygen atoms in total. The number of rotatable bonds is 5. The van der Waals surface area contributed by atoms with Crippen molar-refractivity contribution in [1.29, 1.82) is 0 Å². The number of halogens is 1. The van der Waals surface area contributed by atoms with E-state index in [1.54, 1.807) is 12.1 Å². The zero-order chi connectivity index (χ0) is 12.1. The Morgan fingerprint density at radius 1 is 1.38 bits per heavy atom. The van der Waals surface area contributed by atoms with Gasteiger partial charge in [-0.3, -0.25) is 15.0 Å². The molecule has 0 atom stereocenters. The summed E-state index contributed by atoms with van der Waals surface area (Å²) in [6, 6.07) is 4.87. The topological polar surface area (TPSA) is 46.4 Å².